The Hall–Kier alpha value is 1.02. The molecule has 95 valence electrons. The Morgan fingerprint density at radius 1 is 0.800 bits per heavy atom. The number of hydrogen-bond acceptors (Lipinski definition) is 0. The number of hydrogen-bond donors (Lipinski definition) is 0. The van der Waals surface area contributed by atoms with Crippen molar-refractivity contribution in [2.24, 2.45) is 0 Å². The first kappa shape index (κ1) is 14.1. The molecule has 0 aromatic rings. The molecular formula is C10H18Cl2CuN2-2. The third-order valence-electron chi connectivity index (χ3n) is 2.99. The molecule has 2 heterocycles. The Morgan fingerprint density at radius 2 is 1.20 bits per heavy atom. The number of halogens is 2. The van der Waals surface area contributed by atoms with E-state index in [1.807, 2.05) is 0 Å². The summed E-state index contributed by atoms with van der Waals surface area (Å²) in [5.74, 6) is 0. The maximum absolute atomic E-state index is 4.67. The monoisotopic (exact) mass is 299 g/mol. The van der Waals surface area contributed by atoms with Crippen molar-refractivity contribution in [2.45, 2.75) is 50.6 Å². The van der Waals surface area contributed by atoms with Gasteiger partial charge in [0.25, 0.3) is 0 Å². The second kappa shape index (κ2) is 9.09. The van der Waals surface area contributed by atoms with Crippen LogP contribution in [-0.4, -0.2) is 25.2 Å². The molecule has 5 heteroatoms. The molecule has 0 aromatic carbocycles. The van der Waals surface area contributed by atoms with E-state index >= 15 is 0 Å². The Bertz CT molecular complexity index is 132. The predicted octanol–water partition coefficient (Wildman–Crippen LogP) is 4.22. The average Bonchev–Trinajstić information content (AvgIpc) is 2.32. The Kier molecular flexibility index (Phi) is 8.54. The van der Waals surface area contributed by atoms with Crippen molar-refractivity contribution >= 4 is 20.2 Å². The first-order valence-corrected chi connectivity index (χ1v) is 8.12. The van der Waals surface area contributed by atoms with Crippen LogP contribution in [0.4, 0.5) is 0 Å². The van der Waals surface area contributed by atoms with Gasteiger partial charge in [-0.3, -0.25) is 0 Å². The fourth-order valence-corrected chi connectivity index (χ4v) is 2.26. The molecular weight excluding hydrogens is 283 g/mol. The topological polar surface area (TPSA) is 28.2 Å². The van der Waals surface area contributed by atoms with E-state index in [1.54, 1.807) is 0 Å². The van der Waals surface area contributed by atoms with Crippen LogP contribution in [0, 0.1) is 0 Å². The van der Waals surface area contributed by atoms with Gasteiger partial charge in [-0.05, 0) is 0 Å². The van der Waals surface area contributed by atoms with Gasteiger partial charge in [0.1, 0.15) is 0 Å². The molecule has 2 nitrogen and oxygen atoms in total. The Morgan fingerprint density at radius 3 is 1.47 bits per heavy atom. The molecule has 0 aliphatic carbocycles. The van der Waals surface area contributed by atoms with Crippen molar-refractivity contribution in [1.82, 2.24) is 0 Å². The second-order valence-electron chi connectivity index (χ2n) is 3.98. The molecule has 0 amide bonds. The summed E-state index contributed by atoms with van der Waals surface area (Å²) in [6.45, 7) is 2.19. The van der Waals surface area contributed by atoms with E-state index in [1.165, 1.54) is 38.5 Å². The minimum absolute atomic E-state index is 0.596. The zero-order valence-electron chi connectivity index (χ0n) is 8.76. The summed E-state index contributed by atoms with van der Waals surface area (Å²) >= 11 is 0.757. The molecule has 2 saturated heterocycles. The van der Waals surface area contributed by atoms with Gasteiger partial charge in [-0.1, -0.05) is 38.5 Å². The average molecular weight is 301 g/mol. The maximum atomic E-state index is 4.67. The summed E-state index contributed by atoms with van der Waals surface area (Å²) in [6.07, 6.45) is 7.97. The van der Waals surface area contributed by atoms with Gasteiger partial charge in [0.2, 0.25) is 0 Å². The fourth-order valence-electron chi connectivity index (χ4n) is 2.26. The zero-order chi connectivity index (χ0) is 10.9. The van der Waals surface area contributed by atoms with Crippen LogP contribution in [0.3, 0.4) is 0 Å². The van der Waals surface area contributed by atoms with E-state index in [9.17, 15) is 0 Å². The van der Waals surface area contributed by atoms with E-state index in [2.05, 4.69) is 30.8 Å². The van der Waals surface area contributed by atoms with Gasteiger partial charge in [0.15, 0.2) is 0 Å². The van der Waals surface area contributed by atoms with E-state index < -0.39 is 0 Å². The van der Waals surface area contributed by atoms with Crippen molar-refractivity contribution in [1.29, 1.82) is 0 Å². The molecule has 2 fully saturated rings. The Balaban J connectivity index is 0.000000337. The quantitative estimate of drug-likeness (QED) is 0.649. The molecule has 15 heavy (non-hydrogen) atoms. The van der Waals surface area contributed by atoms with Gasteiger partial charge in [-0.25, -0.2) is 0 Å². The third kappa shape index (κ3) is 5.76. The molecule has 0 N–H and O–H groups in total. The molecule has 0 spiro atoms. The van der Waals surface area contributed by atoms with Crippen LogP contribution in [0.2, 0.25) is 0 Å². The van der Waals surface area contributed by atoms with Crippen molar-refractivity contribution < 1.29 is 13.1 Å². The first-order chi connectivity index (χ1) is 7.38. The first-order valence-electron chi connectivity index (χ1n) is 5.53. The van der Waals surface area contributed by atoms with Gasteiger partial charge in [-0.15, -0.1) is 13.1 Å². The standard InChI is InChI=1S/C10H18N2.2ClH.Cu/c1-3-7-11-9(5-1)10-6-2-4-8-12-10;;;/h9-10H,1-8H2;2*1H;/q-2;;;+2/p-2. The van der Waals surface area contributed by atoms with Crippen LogP contribution in [0.15, 0.2) is 0 Å². The molecule has 2 aliphatic heterocycles. The molecule has 0 radical (unpaired) electrons. The van der Waals surface area contributed by atoms with Crippen molar-refractivity contribution in [3.05, 3.63) is 10.6 Å². The molecule has 0 aromatic heterocycles. The summed E-state index contributed by atoms with van der Waals surface area (Å²) in [7, 11) is 9.34. The molecule has 2 atom stereocenters. The van der Waals surface area contributed by atoms with Crippen molar-refractivity contribution in [2.75, 3.05) is 13.1 Å². The predicted molar refractivity (Wildman–Crippen MR) is 63.4 cm³/mol. The van der Waals surface area contributed by atoms with Gasteiger partial charge in [0.05, 0.1) is 0 Å². The minimum atomic E-state index is 0.596. The summed E-state index contributed by atoms with van der Waals surface area (Å²) in [6, 6.07) is 1.19. The van der Waals surface area contributed by atoms with Crippen LogP contribution in [0.1, 0.15) is 38.5 Å². The molecule has 0 bridgehead atoms. The number of rotatable bonds is 1. The molecule has 0 saturated carbocycles. The van der Waals surface area contributed by atoms with Gasteiger partial charge in [0, 0.05) is 0 Å². The molecule has 2 aliphatic rings. The third-order valence-corrected chi connectivity index (χ3v) is 2.99. The van der Waals surface area contributed by atoms with Crippen LogP contribution in [-0.2, 0) is 13.1 Å². The zero-order valence-corrected chi connectivity index (χ0v) is 11.2. The second-order valence-corrected chi connectivity index (χ2v) is 5.54. The molecule has 2 rings (SSSR count). The number of piperidine rings is 2. The SMILES string of the molecule is C1CCC(C2CCCC[N-]2)[N-]C1.[Cl][Cu][Cl]. The summed E-state index contributed by atoms with van der Waals surface area (Å²) in [5, 5.41) is 9.32. The van der Waals surface area contributed by atoms with Crippen LogP contribution in [0.25, 0.3) is 10.6 Å². The van der Waals surface area contributed by atoms with E-state index in [-0.39, 0.29) is 0 Å². The van der Waals surface area contributed by atoms with Crippen molar-refractivity contribution in [3.8, 4) is 0 Å². The molecule has 2 unspecified atom stereocenters. The van der Waals surface area contributed by atoms with E-state index in [0.717, 1.165) is 26.2 Å². The van der Waals surface area contributed by atoms with Crippen molar-refractivity contribution in [3.63, 3.8) is 0 Å². The van der Waals surface area contributed by atoms with Crippen LogP contribution < -0.4 is 0 Å². The van der Waals surface area contributed by atoms with Crippen LogP contribution >= 0.6 is 20.2 Å². The summed E-state index contributed by atoms with van der Waals surface area (Å²) < 4.78 is 0. The van der Waals surface area contributed by atoms with Gasteiger partial charge in [-0.2, -0.15) is 12.1 Å². The fraction of sp³-hybridized carbons (Fsp3) is 1.00. The summed E-state index contributed by atoms with van der Waals surface area (Å²) in [4.78, 5) is 0. The Labute approximate surface area is 107 Å². The van der Waals surface area contributed by atoms with Crippen LogP contribution in [0.5, 0.6) is 0 Å². The normalized spacial score (nSPS) is 31.9. The van der Waals surface area contributed by atoms with Gasteiger partial charge < -0.3 is 10.6 Å². The van der Waals surface area contributed by atoms with E-state index in [0.29, 0.717) is 12.1 Å². The van der Waals surface area contributed by atoms with Gasteiger partial charge >= 0.3 is 33.3 Å². The van der Waals surface area contributed by atoms with E-state index in [4.69, 9.17) is 0 Å². The summed E-state index contributed by atoms with van der Waals surface area (Å²) in [5.41, 5.74) is 0. The number of nitrogens with zero attached hydrogens (tertiary/aromatic N) is 2.